The number of carbonyl (C=O) groups is 1. The van der Waals surface area contributed by atoms with Gasteiger partial charge in [-0.3, -0.25) is 9.59 Å². The summed E-state index contributed by atoms with van der Waals surface area (Å²) in [7, 11) is 0. The lowest BCUT2D eigenvalue weighted by atomic mass is 9.92. The van der Waals surface area contributed by atoms with Gasteiger partial charge in [0.15, 0.2) is 0 Å². The van der Waals surface area contributed by atoms with Gasteiger partial charge in [0.1, 0.15) is 5.69 Å². The minimum atomic E-state index is -4.48. The Labute approximate surface area is 177 Å². The highest BCUT2D eigenvalue weighted by Crippen LogP contribution is 2.33. The Balaban J connectivity index is 2.29. The van der Waals surface area contributed by atoms with Crippen molar-refractivity contribution >= 4 is 17.0 Å². The van der Waals surface area contributed by atoms with E-state index in [1.54, 1.807) is 31.2 Å². The maximum absolute atomic E-state index is 13.2. The number of fused-ring (bicyclic) bond motifs is 1. The summed E-state index contributed by atoms with van der Waals surface area (Å²) in [6.07, 6.45) is -4.76. The third-order valence-corrected chi connectivity index (χ3v) is 5.03. The maximum atomic E-state index is 13.2. The average molecular weight is 432 g/mol. The smallest absolute Gasteiger partial charge is 0.416 e. The van der Waals surface area contributed by atoms with Gasteiger partial charge in [-0.1, -0.05) is 39.0 Å². The molecule has 3 rings (SSSR count). The fourth-order valence-corrected chi connectivity index (χ4v) is 3.53. The third-order valence-electron chi connectivity index (χ3n) is 5.03. The molecule has 3 aromatic rings. The maximum Gasteiger partial charge on any atom is 0.416 e. The molecule has 0 saturated heterocycles. The zero-order valence-electron chi connectivity index (χ0n) is 17.6. The highest BCUT2D eigenvalue weighted by molar-refractivity contribution is 5.82. The Bertz CT molecular complexity index is 1210. The Hall–Kier alpha value is -3.16. The molecule has 1 N–H and O–H groups in total. The monoisotopic (exact) mass is 432 g/mol. The number of halogens is 3. The highest BCUT2D eigenvalue weighted by atomic mass is 19.4. The molecule has 1 atom stereocenters. The van der Waals surface area contributed by atoms with Crippen molar-refractivity contribution in [1.29, 1.82) is 0 Å². The van der Waals surface area contributed by atoms with Crippen LogP contribution in [0.3, 0.4) is 0 Å². The van der Waals surface area contributed by atoms with E-state index in [9.17, 15) is 27.9 Å². The van der Waals surface area contributed by atoms with Gasteiger partial charge < -0.3 is 9.67 Å². The second-order valence-corrected chi connectivity index (χ2v) is 8.61. The molecule has 0 aliphatic heterocycles. The lowest BCUT2D eigenvalue weighted by molar-refractivity contribution is -0.138. The van der Waals surface area contributed by atoms with Crippen molar-refractivity contribution in [3.05, 3.63) is 64.1 Å². The van der Waals surface area contributed by atoms with E-state index < -0.39 is 34.7 Å². The summed E-state index contributed by atoms with van der Waals surface area (Å²) in [5.74, 6) is -1.06. The normalized spacial score (nSPS) is 13.4. The van der Waals surface area contributed by atoms with Gasteiger partial charge in [-0.25, -0.2) is 4.98 Å². The predicted molar refractivity (Wildman–Crippen MR) is 112 cm³/mol. The fourth-order valence-electron chi connectivity index (χ4n) is 3.53. The minimum absolute atomic E-state index is 0.281. The summed E-state index contributed by atoms with van der Waals surface area (Å²) in [5.41, 5.74) is 0.192. The van der Waals surface area contributed by atoms with Gasteiger partial charge in [-0.2, -0.15) is 13.2 Å². The first-order valence-electron chi connectivity index (χ1n) is 9.75. The first kappa shape index (κ1) is 22.5. The van der Waals surface area contributed by atoms with Crippen molar-refractivity contribution < 1.29 is 23.1 Å². The summed E-state index contributed by atoms with van der Waals surface area (Å²) in [6.45, 7) is 7.14. The van der Waals surface area contributed by atoms with Gasteiger partial charge in [-0.05, 0) is 42.3 Å². The van der Waals surface area contributed by atoms with Gasteiger partial charge in [0.2, 0.25) is 0 Å². The molecule has 0 spiro atoms. The molecule has 0 saturated carbocycles. The number of aromatic nitrogens is 2. The van der Waals surface area contributed by atoms with Crippen molar-refractivity contribution in [3.8, 4) is 11.1 Å². The third kappa shape index (κ3) is 4.62. The summed E-state index contributed by atoms with van der Waals surface area (Å²) in [6, 6.07) is 9.11. The number of hydrogen-bond acceptors (Lipinski definition) is 3. The summed E-state index contributed by atoms with van der Waals surface area (Å²) in [5, 5.41) is 9.24. The van der Waals surface area contributed by atoms with Crippen LogP contribution in [0.2, 0.25) is 0 Å². The Kier molecular flexibility index (Phi) is 5.69. The van der Waals surface area contributed by atoms with Crippen LogP contribution in [0.4, 0.5) is 13.2 Å². The molecule has 0 bridgehead atoms. The Morgan fingerprint density at radius 1 is 1.10 bits per heavy atom. The molecule has 0 fully saturated rings. The van der Waals surface area contributed by atoms with Crippen LogP contribution in [-0.2, 0) is 16.4 Å². The van der Waals surface area contributed by atoms with E-state index >= 15 is 0 Å². The first-order valence-corrected chi connectivity index (χ1v) is 9.75. The van der Waals surface area contributed by atoms with Crippen molar-refractivity contribution in [1.82, 2.24) is 9.55 Å². The van der Waals surface area contributed by atoms with Crippen LogP contribution >= 0.6 is 0 Å². The van der Waals surface area contributed by atoms with Crippen LogP contribution in [0.15, 0.2) is 47.3 Å². The lowest BCUT2D eigenvalue weighted by Gasteiger charge is -2.23. The Morgan fingerprint density at radius 2 is 1.74 bits per heavy atom. The van der Waals surface area contributed by atoms with E-state index in [2.05, 4.69) is 4.98 Å². The van der Waals surface area contributed by atoms with Crippen molar-refractivity contribution in [2.24, 2.45) is 0 Å². The van der Waals surface area contributed by atoms with Gasteiger partial charge in [0.05, 0.1) is 23.0 Å². The number of benzene rings is 2. The molecular weight excluding hydrogens is 409 g/mol. The second kappa shape index (κ2) is 7.83. The molecule has 31 heavy (non-hydrogen) atoms. The lowest BCUT2D eigenvalue weighted by Crippen LogP contribution is -2.34. The van der Waals surface area contributed by atoms with Crippen molar-refractivity contribution in [2.75, 3.05) is 0 Å². The molecule has 0 unspecified atom stereocenters. The molecule has 164 valence electrons. The van der Waals surface area contributed by atoms with Gasteiger partial charge in [-0.15, -0.1) is 0 Å². The molecule has 1 aromatic heterocycles. The van der Waals surface area contributed by atoms with Gasteiger partial charge in [0.25, 0.3) is 5.56 Å². The molecule has 5 nitrogen and oxygen atoms in total. The second-order valence-electron chi connectivity index (χ2n) is 8.61. The number of hydrogen-bond donors (Lipinski definition) is 1. The number of aliphatic carboxylic acids is 1. The van der Waals surface area contributed by atoms with Crippen LogP contribution in [0, 0.1) is 0 Å². The molecule has 1 heterocycles. The average Bonchev–Trinajstić information content (AvgIpc) is 2.65. The molecule has 0 radical (unpaired) electrons. The largest absolute Gasteiger partial charge is 0.481 e. The summed E-state index contributed by atoms with van der Waals surface area (Å²) >= 11 is 0. The van der Waals surface area contributed by atoms with Crippen LogP contribution in [-0.4, -0.2) is 20.6 Å². The topological polar surface area (TPSA) is 72.2 Å². The van der Waals surface area contributed by atoms with E-state index in [4.69, 9.17) is 0 Å². The van der Waals surface area contributed by atoms with Crippen LogP contribution < -0.4 is 5.56 Å². The number of rotatable bonds is 4. The number of alkyl halides is 3. The molecule has 2 aromatic carbocycles. The fraction of sp³-hybridized carbons (Fsp3) is 0.348. The van der Waals surface area contributed by atoms with Crippen LogP contribution in [0.25, 0.3) is 22.2 Å². The van der Waals surface area contributed by atoms with E-state index in [0.717, 1.165) is 12.1 Å². The molecule has 8 heteroatoms. The summed E-state index contributed by atoms with van der Waals surface area (Å²) in [4.78, 5) is 29.0. The summed E-state index contributed by atoms with van der Waals surface area (Å²) < 4.78 is 40.8. The van der Waals surface area contributed by atoms with Crippen LogP contribution in [0.1, 0.15) is 51.4 Å². The SMILES string of the molecule is C[C@H](CC(=O)O)n1c(=O)c(C(C)(C)C)nc2ccc(-c3cccc(C(F)(F)F)c3)cc21. The quantitative estimate of drug-likeness (QED) is 0.598. The molecule has 0 aliphatic rings. The number of nitrogens with zero attached hydrogens (tertiary/aromatic N) is 2. The zero-order chi connectivity index (χ0) is 23.1. The van der Waals surface area contributed by atoms with Crippen LogP contribution in [0.5, 0.6) is 0 Å². The predicted octanol–water partition coefficient (Wildman–Crippen LogP) is 5.42. The zero-order valence-corrected chi connectivity index (χ0v) is 17.6. The highest BCUT2D eigenvalue weighted by Gasteiger charge is 2.30. The first-order chi connectivity index (χ1) is 14.3. The molecule has 0 amide bonds. The van der Waals surface area contributed by atoms with E-state index in [-0.39, 0.29) is 6.42 Å². The Morgan fingerprint density at radius 3 is 2.32 bits per heavy atom. The minimum Gasteiger partial charge on any atom is -0.481 e. The molecular formula is C23H23F3N2O3. The molecule has 0 aliphatic carbocycles. The van der Waals surface area contributed by atoms with Crippen molar-refractivity contribution in [3.63, 3.8) is 0 Å². The van der Waals surface area contributed by atoms with Gasteiger partial charge in [0, 0.05) is 11.5 Å². The number of carboxylic acid groups (broad SMARTS) is 1. The van der Waals surface area contributed by atoms with E-state index in [0.29, 0.717) is 27.9 Å². The van der Waals surface area contributed by atoms with E-state index in [1.807, 2.05) is 20.8 Å². The van der Waals surface area contributed by atoms with E-state index in [1.165, 1.54) is 10.6 Å². The standard InChI is InChI=1S/C23H23F3N2O3/c1-13(10-19(29)30)28-18-12-15(14-6-5-7-16(11-14)23(24,25)26)8-9-17(18)27-20(21(28)31)22(2,3)4/h5-9,11-13H,10H2,1-4H3,(H,29,30)/t13-/m1/s1. The number of carboxylic acids is 1. The van der Waals surface area contributed by atoms with Crippen molar-refractivity contribution in [2.45, 2.75) is 51.7 Å². The van der Waals surface area contributed by atoms with Gasteiger partial charge >= 0.3 is 12.1 Å².